The van der Waals surface area contributed by atoms with Crippen molar-refractivity contribution in [3.05, 3.63) is 35.4 Å². The number of imide groups is 1. The maximum Gasteiger partial charge on any atom is 0.471 e. The molecule has 0 atom stereocenters. The number of piperidine rings is 1. The van der Waals surface area contributed by atoms with Crippen LogP contribution in [0.2, 0.25) is 0 Å². The second kappa shape index (κ2) is 8.22. The quantitative estimate of drug-likeness (QED) is 0.748. The van der Waals surface area contributed by atoms with Crippen LogP contribution in [0.3, 0.4) is 0 Å². The van der Waals surface area contributed by atoms with E-state index < -0.39 is 18.1 Å². The number of amides is 4. The maximum absolute atomic E-state index is 12.3. The van der Waals surface area contributed by atoms with E-state index in [0.29, 0.717) is 17.5 Å². The molecule has 2 aliphatic rings. The van der Waals surface area contributed by atoms with Gasteiger partial charge in [-0.15, -0.1) is 0 Å². The largest absolute Gasteiger partial charge is 0.471 e. The fourth-order valence-corrected chi connectivity index (χ4v) is 3.53. The Balaban J connectivity index is 1.42. The summed E-state index contributed by atoms with van der Waals surface area (Å²) in [7, 11) is 0. The number of carbonyl (C=O) groups excluding carboxylic acids is 4. The standard InChI is InChI=1S/C19H20F3N3O4/c20-19(21,22)18(29)23-12-7-10-24(11-8-12)15(26)6-3-9-25-16(27)13-4-1-2-5-14(13)17(25)28/h1-2,4-5,12H,3,6-11H2,(H,23,29). The zero-order valence-electron chi connectivity index (χ0n) is 15.5. The van der Waals surface area contributed by atoms with Gasteiger partial charge in [-0.3, -0.25) is 24.1 Å². The summed E-state index contributed by atoms with van der Waals surface area (Å²) in [6.07, 6.45) is -4.02. The zero-order valence-corrected chi connectivity index (χ0v) is 15.5. The van der Waals surface area contributed by atoms with Crippen LogP contribution in [0.1, 0.15) is 46.4 Å². The van der Waals surface area contributed by atoms with Gasteiger partial charge in [0.15, 0.2) is 0 Å². The van der Waals surface area contributed by atoms with E-state index in [9.17, 15) is 32.3 Å². The minimum absolute atomic E-state index is 0.118. The van der Waals surface area contributed by atoms with Crippen molar-refractivity contribution in [2.24, 2.45) is 0 Å². The number of nitrogens with zero attached hydrogens (tertiary/aromatic N) is 2. The molecule has 156 valence electrons. The molecule has 0 saturated carbocycles. The number of halogens is 3. The van der Waals surface area contributed by atoms with Gasteiger partial charge in [-0.25, -0.2) is 0 Å². The molecule has 1 aromatic carbocycles. The molecule has 1 N–H and O–H groups in total. The van der Waals surface area contributed by atoms with Gasteiger partial charge in [0, 0.05) is 32.1 Å². The molecule has 0 bridgehead atoms. The Bertz CT molecular complexity index is 797. The predicted octanol–water partition coefficient (Wildman–Crippen LogP) is 1.73. The van der Waals surface area contributed by atoms with Crippen LogP contribution >= 0.6 is 0 Å². The summed E-state index contributed by atoms with van der Waals surface area (Å²) in [5.74, 6) is -2.91. The van der Waals surface area contributed by atoms with Crippen LogP contribution in [0, 0.1) is 0 Å². The third-order valence-electron chi connectivity index (χ3n) is 5.09. The van der Waals surface area contributed by atoms with Crippen LogP contribution in [0.25, 0.3) is 0 Å². The lowest BCUT2D eigenvalue weighted by Gasteiger charge is -2.32. The highest BCUT2D eigenvalue weighted by Gasteiger charge is 2.40. The van der Waals surface area contributed by atoms with E-state index in [1.807, 2.05) is 5.32 Å². The number of hydrogen-bond donors (Lipinski definition) is 1. The highest BCUT2D eigenvalue weighted by atomic mass is 19.4. The first-order chi connectivity index (χ1) is 13.7. The van der Waals surface area contributed by atoms with Crippen LogP contribution in [0.15, 0.2) is 24.3 Å². The average Bonchev–Trinajstić information content (AvgIpc) is 2.93. The molecule has 0 aromatic heterocycles. The number of likely N-dealkylation sites (tertiary alicyclic amines) is 1. The van der Waals surface area contributed by atoms with Gasteiger partial charge in [0.1, 0.15) is 0 Å². The highest BCUT2D eigenvalue weighted by molar-refractivity contribution is 6.21. The van der Waals surface area contributed by atoms with E-state index in [1.54, 1.807) is 24.3 Å². The Labute approximate surface area is 164 Å². The Morgan fingerprint density at radius 2 is 1.59 bits per heavy atom. The fourth-order valence-electron chi connectivity index (χ4n) is 3.53. The predicted molar refractivity (Wildman–Crippen MR) is 94.8 cm³/mol. The fraction of sp³-hybridized carbons (Fsp3) is 0.474. The van der Waals surface area contributed by atoms with E-state index in [4.69, 9.17) is 0 Å². The normalized spacial score (nSPS) is 17.5. The Hall–Kier alpha value is -2.91. The van der Waals surface area contributed by atoms with Gasteiger partial charge >= 0.3 is 12.1 Å². The SMILES string of the molecule is O=C(CCCN1C(=O)c2ccccc2C1=O)N1CCC(NC(=O)C(F)(F)F)CC1. The van der Waals surface area contributed by atoms with Crippen molar-refractivity contribution >= 4 is 23.6 Å². The van der Waals surface area contributed by atoms with Crippen molar-refractivity contribution in [3.8, 4) is 0 Å². The molecular formula is C19H20F3N3O4. The van der Waals surface area contributed by atoms with Gasteiger partial charge in [0.25, 0.3) is 11.8 Å². The lowest BCUT2D eigenvalue weighted by Crippen LogP contribution is -2.49. The summed E-state index contributed by atoms with van der Waals surface area (Å²) in [4.78, 5) is 50.5. The van der Waals surface area contributed by atoms with Crippen molar-refractivity contribution in [1.29, 1.82) is 0 Å². The monoisotopic (exact) mass is 411 g/mol. The molecule has 3 rings (SSSR count). The lowest BCUT2D eigenvalue weighted by molar-refractivity contribution is -0.174. The van der Waals surface area contributed by atoms with Crippen molar-refractivity contribution in [1.82, 2.24) is 15.1 Å². The van der Waals surface area contributed by atoms with Gasteiger partial charge in [0.05, 0.1) is 11.1 Å². The third kappa shape index (κ3) is 4.57. The molecule has 0 radical (unpaired) electrons. The molecule has 0 spiro atoms. The summed E-state index contributed by atoms with van der Waals surface area (Å²) in [6.45, 7) is 0.611. The van der Waals surface area contributed by atoms with Crippen molar-refractivity contribution < 1.29 is 32.3 Å². The second-order valence-corrected chi connectivity index (χ2v) is 7.04. The number of benzene rings is 1. The van der Waals surface area contributed by atoms with Gasteiger partial charge in [-0.05, 0) is 31.4 Å². The zero-order chi connectivity index (χ0) is 21.2. The second-order valence-electron chi connectivity index (χ2n) is 7.04. The maximum atomic E-state index is 12.3. The summed E-state index contributed by atoms with van der Waals surface area (Å²) in [5, 5.41) is 1.93. The topological polar surface area (TPSA) is 86.8 Å². The molecule has 2 heterocycles. The molecule has 2 aliphatic heterocycles. The van der Waals surface area contributed by atoms with E-state index >= 15 is 0 Å². The van der Waals surface area contributed by atoms with Gasteiger partial charge in [0.2, 0.25) is 5.91 Å². The molecule has 7 nitrogen and oxygen atoms in total. The summed E-state index contributed by atoms with van der Waals surface area (Å²) >= 11 is 0. The average molecular weight is 411 g/mol. The van der Waals surface area contributed by atoms with Crippen molar-refractivity contribution in [3.63, 3.8) is 0 Å². The summed E-state index contributed by atoms with van der Waals surface area (Å²) < 4.78 is 36.9. The van der Waals surface area contributed by atoms with E-state index in [-0.39, 0.29) is 56.6 Å². The first kappa shape index (κ1) is 20.8. The van der Waals surface area contributed by atoms with Crippen molar-refractivity contribution in [2.75, 3.05) is 19.6 Å². The van der Waals surface area contributed by atoms with Crippen LogP contribution in [0.4, 0.5) is 13.2 Å². The first-order valence-corrected chi connectivity index (χ1v) is 9.29. The minimum atomic E-state index is -4.92. The number of hydrogen-bond acceptors (Lipinski definition) is 4. The van der Waals surface area contributed by atoms with E-state index in [1.165, 1.54) is 4.90 Å². The molecule has 1 saturated heterocycles. The number of carbonyl (C=O) groups is 4. The van der Waals surface area contributed by atoms with Gasteiger partial charge < -0.3 is 10.2 Å². The Kier molecular flexibility index (Phi) is 5.90. The van der Waals surface area contributed by atoms with Crippen LogP contribution in [-0.4, -0.2) is 65.3 Å². The lowest BCUT2D eigenvalue weighted by atomic mass is 10.0. The van der Waals surface area contributed by atoms with E-state index in [0.717, 1.165) is 4.90 Å². The van der Waals surface area contributed by atoms with Crippen LogP contribution in [0.5, 0.6) is 0 Å². The third-order valence-corrected chi connectivity index (χ3v) is 5.09. The smallest absolute Gasteiger partial charge is 0.345 e. The molecule has 0 unspecified atom stereocenters. The summed E-state index contributed by atoms with van der Waals surface area (Å²) in [5.41, 5.74) is 0.707. The summed E-state index contributed by atoms with van der Waals surface area (Å²) in [6, 6.07) is 5.91. The molecule has 1 fully saturated rings. The molecule has 4 amide bonds. The number of alkyl halides is 3. The molecule has 1 aromatic rings. The Morgan fingerprint density at radius 3 is 2.10 bits per heavy atom. The van der Waals surface area contributed by atoms with Gasteiger partial charge in [-0.2, -0.15) is 13.2 Å². The van der Waals surface area contributed by atoms with E-state index in [2.05, 4.69) is 0 Å². The van der Waals surface area contributed by atoms with Crippen LogP contribution < -0.4 is 5.32 Å². The molecule has 10 heteroatoms. The minimum Gasteiger partial charge on any atom is -0.345 e. The number of rotatable bonds is 5. The number of nitrogens with one attached hydrogen (secondary N) is 1. The molecule has 29 heavy (non-hydrogen) atoms. The first-order valence-electron chi connectivity index (χ1n) is 9.29. The Morgan fingerprint density at radius 1 is 1.03 bits per heavy atom. The molecular weight excluding hydrogens is 391 g/mol. The van der Waals surface area contributed by atoms with Crippen LogP contribution in [-0.2, 0) is 9.59 Å². The number of fused-ring (bicyclic) bond motifs is 1. The van der Waals surface area contributed by atoms with Crippen molar-refractivity contribution in [2.45, 2.75) is 37.9 Å². The highest BCUT2D eigenvalue weighted by Crippen LogP contribution is 2.23. The molecule has 0 aliphatic carbocycles. The van der Waals surface area contributed by atoms with Gasteiger partial charge in [-0.1, -0.05) is 12.1 Å².